The Balaban J connectivity index is 0.00000289. The lowest BCUT2D eigenvalue weighted by molar-refractivity contribution is -0.384. The van der Waals surface area contributed by atoms with Crippen molar-refractivity contribution >= 4 is 35.7 Å². The quantitative estimate of drug-likeness (QED) is 0.188. The van der Waals surface area contributed by atoms with Crippen LogP contribution in [0.25, 0.3) is 0 Å². The number of rotatable bonds is 5. The highest BCUT2D eigenvalue weighted by molar-refractivity contribution is 5.85. The Morgan fingerprint density at radius 3 is 2.67 bits per heavy atom. The Kier molecular flexibility index (Phi) is 6.21. The number of halogens is 1. The molecular weight excluding hydrogens is 262 g/mol. The van der Waals surface area contributed by atoms with Gasteiger partial charge in [-0.15, -0.1) is 12.4 Å². The van der Waals surface area contributed by atoms with Gasteiger partial charge in [0.25, 0.3) is 0 Å². The van der Waals surface area contributed by atoms with Gasteiger partial charge >= 0.3 is 5.69 Å². The smallest absolute Gasteiger partial charge is 0.311 e. The fourth-order valence-electron chi connectivity index (χ4n) is 1.09. The topological polar surface area (TPSA) is 158 Å². The van der Waals surface area contributed by atoms with Gasteiger partial charge in [-0.1, -0.05) is 0 Å². The molecule has 1 aromatic rings. The van der Waals surface area contributed by atoms with Crippen LogP contribution >= 0.6 is 12.4 Å². The lowest BCUT2D eigenvalue weighted by Gasteiger charge is -2.04. The molecule has 18 heavy (non-hydrogen) atoms. The van der Waals surface area contributed by atoms with Crippen molar-refractivity contribution in [3.05, 3.63) is 22.2 Å². The van der Waals surface area contributed by atoms with Crippen LogP contribution in [0.3, 0.4) is 0 Å². The summed E-state index contributed by atoms with van der Waals surface area (Å²) in [6.45, 7) is 0.822. The van der Waals surface area contributed by atoms with Gasteiger partial charge in [0.15, 0.2) is 5.96 Å². The van der Waals surface area contributed by atoms with Crippen molar-refractivity contribution in [3.8, 4) is 0 Å². The predicted octanol–water partition coefficient (Wildman–Crippen LogP) is -0.321. The van der Waals surface area contributed by atoms with E-state index >= 15 is 0 Å². The monoisotopic (exact) mass is 275 g/mol. The number of guanidine groups is 1. The number of nitrogens with zero attached hydrogens (tertiary/aromatic N) is 3. The summed E-state index contributed by atoms with van der Waals surface area (Å²) in [5.74, 6) is 0.295. The summed E-state index contributed by atoms with van der Waals surface area (Å²) < 4.78 is 0. The highest BCUT2D eigenvalue weighted by Gasteiger charge is 2.12. The maximum absolute atomic E-state index is 10.5. The third-order valence-electron chi connectivity index (χ3n) is 1.81. The van der Waals surface area contributed by atoms with Crippen molar-refractivity contribution in [3.63, 3.8) is 0 Å². The van der Waals surface area contributed by atoms with E-state index in [-0.39, 0.29) is 29.9 Å². The average molecular weight is 276 g/mol. The van der Waals surface area contributed by atoms with E-state index in [1.807, 2.05) is 0 Å². The number of pyridine rings is 1. The van der Waals surface area contributed by atoms with E-state index in [0.717, 1.165) is 0 Å². The third kappa shape index (κ3) is 4.70. The first-order valence-electron chi connectivity index (χ1n) is 4.71. The van der Waals surface area contributed by atoms with Gasteiger partial charge in [0.2, 0.25) is 5.82 Å². The van der Waals surface area contributed by atoms with E-state index in [2.05, 4.69) is 15.3 Å². The molecule has 1 heterocycles. The molecule has 0 atom stereocenters. The van der Waals surface area contributed by atoms with E-state index in [1.165, 1.54) is 12.1 Å². The molecule has 0 unspecified atom stereocenters. The second-order valence-corrected chi connectivity index (χ2v) is 3.09. The maximum Gasteiger partial charge on any atom is 0.311 e. The van der Waals surface area contributed by atoms with Crippen LogP contribution in [0.2, 0.25) is 0 Å². The number of nitrogens with one attached hydrogen (secondary N) is 1. The summed E-state index contributed by atoms with van der Waals surface area (Å²) in [6.07, 6.45) is 0. The van der Waals surface area contributed by atoms with Crippen molar-refractivity contribution in [2.45, 2.75) is 0 Å². The minimum absolute atomic E-state index is 0. The first kappa shape index (κ1) is 15.7. The summed E-state index contributed by atoms with van der Waals surface area (Å²) in [5.41, 5.74) is 15.5. The zero-order valence-corrected chi connectivity index (χ0v) is 10.2. The number of hydrogen-bond acceptors (Lipinski definition) is 6. The van der Waals surface area contributed by atoms with Gasteiger partial charge in [0, 0.05) is 12.6 Å². The molecule has 0 radical (unpaired) electrons. The van der Waals surface area contributed by atoms with Gasteiger partial charge < -0.3 is 22.5 Å². The molecule has 7 N–H and O–H groups in total. The van der Waals surface area contributed by atoms with E-state index < -0.39 is 4.92 Å². The molecule has 1 aromatic heterocycles. The highest BCUT2D eigenvalue weighted by atomic mass is 35.5. The number of aliphatic imine (C=N–C) groups is 1. The Morgan fingerprint density at radius 2 is 2.17 bits per heavy atom. The Hall–Kier alpha value is -2.29. The minimum atomic E-state index is -0.592. The molecule has 0 aliphatic carbocycles. The average Bonchev–Trinajstić information content (AvgIpc) is 2.23. The second-order valence-electron chi connectivity index (χ2n) is 3.09. The van der Waals surface area contributed by atoms with E-state index in [1.54, 1.807) is 0 Å². The number of nitrogen functional groups attached to an aromatic ring is 1. The molecular formula is C8H14ClN7O2. The summed E-state index contributed by atoms with van der Waals surface area (Å²) in [7, 11) is 0. The summed E-state index contributed by atoms with van der Waals surface area (Å²) >= 11 is 0. The summed E-state index contributed by atoms with van der Waals surface area (Å²) in [4.78, 5) is 17.5. The number of nitro groups is 1. The molecule has 0 aromatic carbocycles. The van der Waals surface area contributed by atoms with Gasteiger partial charge in [-0.25, -0.2) is 4.98 Å². The van der Waals surface area contributed by atoms with Crippen LogP contribution in [0, 0.1) is 10.1 Å². The van der Waals surface area contributed by atoms with Crippen molar-refractivity contribution in [1.29, 1.82) is 0 Å². The van der Waals surface area contributed by atoms with Gasteiger partial charge in [-0.3, -0.25) is 15.1 Å². The molecule has 0 amide bonds. The molecule has 10 heteroatoms. The second kappa shape index (κ2) is 7.12. The van der Waals surface area contributed by atoms with Crippen LogP contribution in [0.4, 0.5) is 17.3 Å². The number of aromatic nitrogens is 1. The zero-order valence-electron chi connectivity index (χ0n) is 9.37. The van der Waals surface area contributed by atoms with Gasteiger partial charge in [0.05, 0.1) is 11.5 Å². The molecule has 0 aliphatic rings. The van der Waals surface area contributed by atoms with Crippen LogP contribution in [0.1, 0.15) is 0 Å². The van der Waals surface area contributed by atoms with Crippen LogP contribution < -0.4 is 22.5 Å². The third-order valence-corrected chi connectivity index (χ3v) is 1.81. The zero-order chi connectivity index (χ0) is 12.8. The number of anilines is 2. The standard InChI is InChI=1S/C8H13N7O2.ClH/c9-7-5(15(16)17)1-2-6(14-7)12-3-4-13-8(10)11;/h1-2H,3-4H2,(H3,9,12,14)(H4,10,11,13);1H. The molecule has 9 nitrogen and oxygen atoms in total. The number of hydrogen-bond donors (Lipinski definition) is 4. The largest absolute Gasteiger partial charge is 0.378 e. The first-order chi connectivity index (χ1) is 8.00. The molecule has 0 bridgehead atoms. The van der Waals surface area contributed by atoms with Crippen molar-refractivity contribution in [1.82, 2.24) is 4.98 Å². The van der Waals surface area contributed by atoms with Crippen molar-refractivity contribution in [2.75, 3.05) is 24.1 Å². The van der Waals surface area contributed by atoms with Gasteiger partial charge in [0.1, 0.15) is 5.82 Å². The van der Waals surface area contributed by atoms with Crippen LogP contribution in [-0.4, -0.2) is 29.0 Å². The molecule has 1 rings (SSSR count). The first-order valence-corrected chi connectivity index (χ1v) is 4.71. The highest BCUT2D eigenvalue weighted by Crippen LogP contribution is 2.20. The lowest BCUT2D eigenvalue weighted by Crippen LogP contribution is -2.24. The molecule has 0 fully saturated rings. The normalized spacial score (nSPS) is 9.11. The summed E-state index contributed by atoms with van der Waals surface area (Å²) in [6, 6.07) is 2.75. The van der Waals surface area contributed by atoms with Crippen LogP contribution in [0.5, 0.6) is 0 Å². The maximum atomic E-state index is 10.5. The molecule has 0 saturated carbocycles. The molecule has 100 valence electrons. The van der Waals surface area contributed by atoms with Crippen molar-refractivity contribution in [2.24, 2.45) is 16.5 Å². The van der Waals surface area contributed by atoms with E-state index in [4.69, 9.17) is 17.2 Å². The van der Waals surface area contributed by atoms with Gasteiger partial charge in [-0.2, -0.15) is 0 Å². The number of nitrogens with two attached hydrogens (primary N) is 3. The minimum Gasteiger partial charge on any atom is -0.378 e. The van der Waals surface area contributed by atoms with Crippen molar-refractivity contribution < 1.29 is 4.92 Å². The SMILES string of the molecule is Cl.NC(N)=NCCNc1ccc([N+](=O)[O-])c(N)n1. The lowest BCUT2D eigenvalue weighted by atomic mass is 10.4. The Bertz CT molecular complexity index is 447. The predicted molar refractivity (Wildman–Crippen MR) is 71.7 cm³/mol. The fraction of sp³-hybridized carbons (Fsp3) is 0.250. The molecule has 0 aliphatic heterocycles. The summed E-state index contributed by atoms with van der Waals surface area (Å²) in [5, 5.41) is 13.4. The van der Waals surface area contributed by atoms with Gasteiger partial charge in [-0.05, 0) is 6.07 Å². The Morgan fingerprint density at radius 1 is 1.50 bits per heavy atom. The Labute approximate surface area is 109 Å². The fourth-order valence-corrected chi connectivity index (χ4v) is 1.09. The van der Waals surface area contributed by atoms with Crippen LogP contribution in [-0.2, 0) is 0 Å². The molecule has 0 saturated heterocycles. The van der Waals surface area contributed by atoms with E-state index in [9.17, 15) is 10.1 Å². The van der Waals surface area contributed by atoms with Crippen LogP contribution in [0.15, 0.2) is 17.1 Å². The van der Waals surface area contributed by atoms with E-state index in [0.29, 0.717) is 18.9 Å². The molecule has 0 spiro atoms.